The van der Waals surface area contributed by atoms with Gasteiger partial charge in [0.2, 0.25) is 0 Å². The Labute approximate surface area is 171 Å². The second-order valence-corrected chi connectivity index (χ2v) is 6.81. The molecule has 0 unspecified atom stereocenters. The summed E-state index contributed by atoms with van der Waals surface area (Å²) in [6.45, 7) is 0. The van der Waals surface area contributed by atoms with Gasteiger partial charge in [0.25, 0.3) is 0 Å². The number of para-hydroxylation sites is 4. The van der Waals surface area contributed by atoms with Gasteiger partial charge < -0.3 is 9.15 Å². The van der Waals surface area contributed by atoms with Crippen LogP contribution in [0.15, 0.2) is 65.1 Å². The van der Waals surface area contributed by atoms with Crippen LogP contribution in [0.4, 0.5) is 24.5 Å². The maximum Gasteiger partial charge on any atom is 0.573 e. The summed E-state index contributed by atoms with van der Waals surface area (Å²) in [5.41, 5.74) is 2.05. The second-order valence-electron chi connectivity index (χ2n) is 5.85. The minimum absolute atomic E-state index is 0.217. The van der Waals surface area contributed by atoms with Gasteiger partial charge in [0.15, 0.2) is 16.9 Å². The highest BCUT2D eigenvalue weighted by atomic mass is 127. The highest BCUT2D eigenvalue weighted by Crippen LogP contribution is 2.43. The van der Waals surface area contributed by atoms with Crippen LogP contribution >= 0.6 is 22.9 Å². The van der Waals surface area contributed by atoms with Crippen LogP contribution in [0.3, 0.4) is 0 Å². The summed E-state index contributed by atoms with van der Waals surface area (Å²) in [6, 6.07) is 18.6. The molecule has 28 heavy (non-hydrogen) atoms. The third-order valence-corrected chi connectivity index (χ3v) is 5.18. The molecule has 0 spiro atoms. The van der Waals surface area contributed by atoms with Gasteiger partial charge in [0.05, 0.1) is 39.8 Å². The number of alkyl halides is 3. The quantitative estimate of drug-likeness (QED) is 0.231. The lowest BCUT2D eigenvalue weighted by Gasteiger charge is -2.20. The molecule has 0 fully saturated rings. The van der Waals surface area contributed by atoms with Crippen LogP contribution in [0.1, 0.15) is 5.56 Å². The molecule has 140 valence electrons. The maximum atomic E-state index is 12.8. The summed E-state index contributed by atoms with van der Waals surface area (Å²) in [4.78, 5) is 0. The fraction of sp³-hybridized carbons (Fsp3) is 0.0500. The van der Waals surface area contributed by atoms with Gasteiger partial charge in [-0.3, -0.25) is 3.11 Å². The largest absolute Gasteiger partial charge is 0.573 e. The molecule has 4 nitrogen and oxygen atoms in total. The summed E-state index contributed by atoms with van der Waals surface area (Å²) in [5, 5.41) is 10.8. The molecule has 0 aliphatic rings. The molecule has 4 rings (SSSR count). The van der Waals surface area contributed by atoms with E-state index in [1.807, 2.05) is 35.0 Å². The number of nitrogens with zero attached hydrogens (tertiary/aromatic N) is 2. The molecule has 0 saturated carbocycles. The molecular weight excluding hydrogens is 484 g/mol. The maximum absolute atomic E-state index is 12.8. The molecule has 3 aromatic carbocycles. The smallest absolute Gasteiger partial charge is 0.452 e. The van der Waals surface area contributed by atoms with Crippen molar-refractivity contribution in [1.29, 1.82) is 5.26 Å². The number of furan rings is 1. The number of rotatable bonds is 3. The van der Waals surface area contributed by atoms with Crippen molar-refractivity contribution in [3.8, 4) is 11.8 Å². The van der Waals surface area contributed by atoms with Crippen LogP contribution in [0.2, 0.25) is 0 Å². The van der Waals surface area contributed by atoms with Gasteiger partial charge >= 0.3 is 6.36 Å². The van der Waals surface area contributed by atoms with E-state index < -0.39 is 6.36 Å². The first-order chi connectivity index (χ1) is 13.4. The van der Waals surface area contributed by atoms with Crippen LogP contribution in [0, 0.1) is 11.3 Å². The van der Waals surface area contributed by atoms with Crippen LogP contribution in [0.5, 0.6) is 5.75 Å². The zero-order valence-corrected chi connectivity index (χ0v) is 16.2. The Morgan fingerprint density at radius 2 is 1.54 bits per heavy atom. The number of halogens is 4. The third-order valence-electron chi connectivity index (χ3n) is 4.14. The number of ether oxygens (including phenoxy) is 1. The monoisotopic (exact) mass is 494 g/mol. The molecule has 0 radical (unpaired) electrons. The topological polar surface area (TPSA) is 49.4 Å². The van der Waals surface area contributed by atoms with E-state index in [-0.39, 0.29) is 11.4 Å². The van der Waals surface area contributed by atoms with Crippen LogP contribution in [0.25, 0.3) is 21.9 Å². The first-order valence-electron chi connectivity index (χ1n) is 8.04. The molecule has 1 heterocycles. The average Bonchev–Trinajstić information content (AvgIpc) is 3.05. The highest BCUT2D eigenvalue weighted by Gasteiger charge is 2.33. The van der Waals surface area contributed by atoms with Gasteiger partial charge in [0.1, 0.15) is 6.07 Å². The van der Waals surface area contributed by atoms with Crippen molar-refractivity contribution < 1.29 is 22.3 Å². The third kappa shape index (κ3) is 3.22. The van der Waals surface area contributed by atoms with Crippen molar-refractivity contribution in [2.24, 2.45) is 0 Å². The number of hydrogen-bond acceptors (Lipinski definition) is 4. The molecule has 0 bridgehead atoms. The molecule has 0 atom stereocenters. The predicted molar refractivity (Wildman–Crippen MR) is 108 cm³/mol. The number of fused-ring (bicyclic) bond motifs is 3. The lowest BCUT2D eigenvalue weighted by Crippen LogP contribution is -2.18. The first kappa shape index (κ1) is 18.4. The second kappa shape index (κ2) is 6.91. The zero-order chi connectivity index (χ0) is 19.9. The number of anilines is 2. The van der Waals surface area contributed by atoms with Gasteiger partial charge in [-0.15, -0.1) is 13.2 Å². The molecular formula is C20H10F3IN2O2. The Hall–Kier alpha value is -2.93. The molecule has 0 amide bonds. The van der Waals surface area contributed by atoms with Gasteiger partial charge in [-0.05, 0) is 24.3 Å². The summed E-state index contributed by atoms with van der Waals surface area (Å²) in [5.74, 6) is -0.324. The summed E-state index contributed by atoms with van der Waals surface area (Å²) >= 11 is 1.90. The summed E-state index contributed by atoms with van der Waals surface area (Å²) in [7, 11) is 0. The normalized spacial score (nSPS) is 11.5. The highest BCUT2D eigenvalue weighted by molar-refractivity contribution is 14.1. The van der Waals surface area contributed by atoms with E-state index >= 15 is 0 Å². The molecule has 4 aromatic rings. The standard InChI is InChI=1S/C20H10F3IN2O2/c21-20(22,23)28-17-10-2-1-8-15(17)26(24)16-9-4-7-14-13-6-3-5-12(11-25)18(13)27-19(14)16/h1-10H. The molecule has 0 aliphatic carbocycles. The van der Waals surface area contributed by atoms with Gasteiger partial charge in [-0.25, -0.2) is 0 Å². The van der Waals surface area contributed by atoms with Crippen molar-refractivity contribution in [2.45, 2.75) is 6.36 Å². The molecule has 0 saturated heterocycles. The van der Waals surface area contributed by atoms with Gasteiger partial charge in [-0.1, -0.05) is 36.4 Å². The fourth-order valence-electron chi connectivity index (χ4n) is 3.01. The lowest BCUT2D eigenvalue weighted by molar-refractivity contribution is -0.274. The lowest BCUT2D eigenvalue weighted by atomic mass is 10.1. The van der Waals surface area contributed by atoms with Crippen molar-refractivity contribution in [2.75, 3.05) is 3.11 Å². The van der Waals surface area contributed by atoms with Crippen LogP contribution in [-0.4, -0.2) is 6.36 Å². The van der Waals surface area contributed by atoms with Crippen molar-refractivity contribution in [1.82, 2.24) is 0 Å². The molecule has 0 N–H and O–H groups in total. The first-order valence-corrected chi connectivity index (χ1v) is 9.00. The van der Waals surface area contributed by atoms with E-state index in [4.69, 9.17) is 4.42 Å². The Balaban J connectivity index is 1.90. The zero-order valence-electron chi connectivity index (χ0n) is 14.0. The number of nitriles is 1. The van der Waals surface area contributed by atoms with Crippen molar-refractivity contribution in [3.63, 3.8) is 0 Å². The molecule has 8 heteroatoms. The van der Waals surface area contributed by atoms with Crippen LogP contribution in [-0.2, 0) is 0 Å². The number of benzene rings is 3. The SMILES string of the molecule is N#Cc1cccc2c1oc1c(N(I)c3ccccc3OC(F)(F)F)cccc12. The van der Waals surface area contributed by atoms with E-state index in [1.165, 1.54) is 21.3 Å². The average molecular weight is 494 g/mol. The van der Waals surface area contributed by atoms with E-state index in [2.05, 4.69) is 10.8 Å². The minimum Gasteiger partial charge on any atom is -0.452 e. The number of hydrogen-bond donors (Lipinski definition) is 0. The Bertz CT molecular complexity index is 1230. The van der Waals surface area contributed by atoms with Crippen molar-refractivity contribution in [3.05, 3.63) is 66.2 Å². The van der Waals surface area contributed by atoms with E-state index in [0.717, 1.165) is 10.8 Å². The predicted octanol–water partition coefficient (Wildman–Crippen LogP) is 6.84. The Morgan fingerprint density at radius 3 is 2.25 bits per heavy atom. The molecule has 0 aliphatic heterocycles. The summed E-state index contributed by atoms with van der Waals surface area (Å²) < 4.78 is 50.0. The summed E-state index contributed by atoms with van der Waals surface area (Å²) in [6.07, 6.45) is -4.80. The Kier molecular flexibility index (Phi) is 4.55. The minimum atomic E-state index is -4.80. The van der Waals surface area contributed by atoms with Gasteiger partial charge in [-0.2, -0.15) is 5.26 Å². The van der Waals surface area contributed by atoms with Crippen molar-refractivity contribution >= 4 is 56.2 Å². The van der Waals surface area contributed by atoms with E-state index in [9.17, 15) is 18.4 Å². The van der Waals surface area contributed by atoms with E-state index in [1.54, 1.807) is 30.3 Å². The van der Waals surface area contributed by atoms with E-state index in [0.29, 0.717) is 22.4 Å². The fourth-order valence-corrected chi connectivity index (χ4v) is 3.79. The Morgan fingerprint density at radius 1 is 0.893 bits per heavy atom. The van der Waals surface area contributed by atoms with Gasteiger partial charge in [0, 0.05) is 10.8 Å². The molecule has 1 aromatic heterocycles. The van der Waals surface area contributed by atoms with Crippen LogP contribution < -0.4 is 7.85 Å².